The zero-order valence-corrected chi connectivity index (χ0v) is 13.1. The van der Waals surface area contributed by atoms with E-state index in [-0.39, 0.29) is 5.97 Å². The lowest BCUT2D eigenvalue weighted by atomic mass is 10.1. The third kappa shape index (κ3) is 4.32. The molecule has 1 heterocycles. The van der Waals surface area contributed by atoms with Crippen LogP contribution in [0.25, 0.3) is 0 Å². The number of hydrogen-bond donors (Lipinski definition) is 1. The highest BCUT2D eigenvalue weighted by molar-refractivity contribution is 5.88. The van der Waals surface area contributed by atoms with E-state index in [1.165, 1.54) is 0 Å². The van der Waals surface area contributed by atoms with Gasteiger partial charge in [-0.15, -0.1) is 0 Å². The smallest absolute Gasteiger partial charge is 0.333 e. The molecule has 0 bridgehead atoms. The maximum Gasteiger partial charge on any atom is 0.333 e. The maximum absolute atomic E-state index is 11.6. The van der Waals surface area contributed by atoms with Crippen LogP contribution in [0, 0.1) is 0 Å². The van der Waals surface area contributed by atoms with Crippen LogP contribution >= 0.6 is 0 Å². The van der Waals surface area contributed by atoms with Crippen LogP contribution < -0.4 is 4.74 Å². The quantitative estimate of drug-likeness (QED) is 0.814. The molecule has 0 radical (unpaired) electrons. The van der Waals surface area contributed by atoms with Crippen LogP contribution in [0.4, 0.5) is 0 Å². The molecular weight excluding hydrogens is 282 g/mol. The van der Waals surface area contributed by atoms with Crippen molar-refractivity contribution in [1.29, 1.82) is 0 Å². The summed E-state index contributed by atoms with van der Waals surface area (Å²) in [7, 11) is 1.61. The third-order valence-electron chi connectivity index (χ3n) is 3.74. The number of ether oxygens (including phenoxy) is 2. The van der Waals surface area contributed by atoms with Crippen molar-refractivity contribution in [3.8, 4) is 5.75 Å². The van der Waals surface area contributed by atoms with Crippen LogP contribution in [-0.2, 0) is 9.53 Å². The number of methoxy groups -OCH3 is 1. The summed E-state index contributed by atoms with van der Waals surface area (Å²) in [6, 6.07) is 7.45. The molecule has 0 spiro atoms. The van der Waals surface area contributed by atoms with Crippen molar-refractivity contribution >= 4 is 5.97 Å². The number of β-amino-alcohol motifs (C(OH)–C–C–N with tert-alkyl or cyclic N) is 1. The molecule has 1 atom stereocenters. The monoisotopic (exact) mass is 305 g/mol. The highest BCUT2D eigenvalue weighted by Gasteiger charge is 2.20. The van der Waals surface area contributed by atoms with Crippen LogP contribution in [0.15, 0.2) is 35.9 Å². The highest BCUT2D eigenvalue weighted by atomic mass is 16.5. The fourth-order valence-electron chi connectivity index (χ4n) is 2.48. The van der Waals surface area contributed by atoms with E-state index in [4.69, 9.17) is 9.47 Å². The summed E-state index contributed by atoms with van der Waals surface area (Å²) in [6.07, 6.45) is 1.97. The van der Waals surface area contributed by atoms with Gasteiger partial charge in [-0.25, -0.2) is 4.79 Å². The minimum Gasteiger partial charge on any atom is -0.497 e. The van der Waals surface area contributed by atoms with Gasteiger partial charge in [-0.1, -0.05) is 18.2 Å². The van der Waals surface area contributed by atoms with Gasteiger partial charge in [0.2, 0.25) is 0 Å². The van der Waals surface area contributed by atoms with E-state index in [1.807, 2.05) is 30.3 Å². The summed E-state index contributed by atoms with van der Waals surface area (Å²) in [5.74, 6) is 0.509. The second-order valence-corrected chi connectivity index (χ2v) is 5.25. The lowest BCUT2D eigenvalue weighted by Gasteiger charge is -2.27. The average molecular weight is 305 g/mol. The van der Waals surface area contributed by atoms with E-state index in [0.29, 0.717) is 26.1 Å². The van der Waals surface area contributed by atoms with Gasteiger partial charge in [0.05, 0.1) is 19.8 Å². The van der Waals surface area contributed by atoms with Gasteiger partial charge in [0.15, 0.2) is 0 Å². The first kappa shape index (κ1) is 16.5. The fraction of sp³-hybridized carbons (Fsp3) is 0.471. The minimum absolute atomic E-state index is 0.226. The second-order valence-electron chi connectivity index (χ2n) is 5.25. The van der Waals surface area contributed by atoms with Gasteiger partial charge in [-0.2, -0.15) is 0 Å². The SMILES string of the molecule is CCOC(=O)C1=CCN(CC(O)c2cccc(OC)c2)CC1. The Bertz CT molecular complexity index is 541. The van der Waals surface area contributed by atoms with E-state index < -0.39 is 6.10 Å². The molecule has 1 aromatic carbocycles. The number of rotatable bonds is 6. The maximum atomic E-state index is 11.6. The van der Waals surface area contributed by atoms with Crippen molar-refractivity contribution in [3.05, 3.63) is 41.5 Å². The molecule has 0 saturated carbocycles. The van der Waals surface area contributed by atoms with Crippen LogP contribution in [0.1, 0.15) is 25.0 Å². The van der Waals surface area contributed by atoms with E-state index in [1.54, 1.807) is 14.0 Å². The van der Waals surface area contributed by atoms with E-state index in [2.05, 4.69) is 4.90 Å². The summed E-state index contributed by atoms with van der Waals surface area (Å²) in [5, 5.41) is 10.3. The molecule has 1 aliphatic rings. The van der Waals surface area contributed by atoms with Gasteiger partial charge in [-0.05, 0) is 31.0 Å². The molecule has 0 aliphatic carbocycles. The molecule has 1 aliphatic heterocycles. The molecule has 5 heteroatoms. The zero-order valence-electron chi connectivity index (χ0n) is 13.1. The molecule has 22 heavy (non-hydrogen) atoms. The van der Waals surface area contributed by atoms with Crippen molar-refractivity contribution in [1.82, 2.24) is 4.90 Å². The lowest BCUT2D eigenvalue weighted by molar-refractivity contribution is -0.138. The minimum atomic E-state index is -0.576. The summed E-state index contributed by atoms with van der Waals surface area (Å²) < 4.78 is 10.2. The molecular formula is C17H23NO4. The van der Waals surface area contributed by atoms with Crippen molar-refractivity contribution in [2.45, 2.75) is 19.4 Å². The summed E-state index contributed by atoms with van der Waals surface area (Å²) in [4.78, 5) is 13.8. The normalized spacial score (nSPS) is 16.8. The van der Waals surface area contributed by atoms with Gasteiger partial charge in [0.25, 0.3) is 0 Å². The molecule has 0 fully saturated rings. The predicted molar refractivity (Wildman–Crippen MR) is 83.7 cm³/mol. The Hall–Kier alpha value is -1.85. The van der Waals surface area contributed by atoms with Gasteiger partial charge >= 0.3 is 5.97 Å². The van der Waals surface area contributed by atoms with E-state index in [0.717, 1.165) is 23.4 Å². The number of esters is 1. The molecule has 120 valence electrons. The van der Waals surface area contributed by atoms with Gasteiger partial charge < -0.3 is 14.6 Å². The summed E-state index contributed by atoms with van der Waals surface area (Å²) >= 11 is 0. The first-order chi connectivity index (χ1) is 10.6. The van der Waals surface area contributed by atoms with Crippen LogP contribution in [0.2, 0.25) is 0 Å². The molecule has 1 aromatic rings. The average Bonchev–Trinajstić information content (AvgIpc) is 2.55. The van der Waals surface area contributed by atoms with Crippen LogP contribution in [0.3, 0.4) is 0 Å². The van der Waals surface area contributed by atoms with Crippen molar-refractivity contribution in [3.63, 3.8) is 0 Å². The number of nitrogens with zero attached hydrogens (tertiary/aromatic N) is 1. The highest BCUT2D eigenvalue weighted by Crippen LogP contribution is 2.21. The number of carbonyl (C=O) groups is 1. The van der Waals surface area contributed by atoms with Crippen molar-refractivity contribution in [2.24, 2.45) is 0 Å². The zero-order chi connectivity index (χ0) is 15.9. The molecule has 0 saturated heterocycles. The molecule has 5 nitrogen and oxygen atoms in total. The van der Waals surface area contributed by atoms with E-state index >= 15 is 0 Å². The molecule has 1 unspecified atom stereocenters. The number of benzene rings is 1. The lowest BCUT2D eigenvalue weighted by Crippen LogP contribution is -2.34. The predicted octanol–water partition coefficient (Wildman–Crippen LogP) is 1.92. The van der Waals surface area contributed by atoms with Crippen molar-refractivity contribution < 1.29 is 19.4 Å². The topological polar surface area (TPSA) is 59.0 Å². The largest absolute Gasteiger partial charge is 0.497 e. The number of aliphatic hydroxyl groups excluding tert-OH is 1. The van der Waals surface area contributed by atoms with Gasteiger partial charge in [0.1, 0.15) is 5.75 Å². The standard InChI is InChI=1S/C17H23NO4/c1-3-22-17(20)13-7-9-18(10-8-13)12-16(19)14-5-4-6-15(11-14)21-2/h4-7,11,16,19H,3,8-10,12H2,1-2H3. The van der Waals surface area contributed by atoms with Crippen LogP contribution in [0.5, 0.6) is 5.75 Å². The number of hydrogen-bond acceptors (Lipinski definition) is 5. The fourth-order valence-corrected chi connectivity index (χ4v) is 2.48. The van der Waals surface area contributed by atoms with Gasteiger partial charge in [-0.3, -0.25) is 4.90 Å². The Morgan fingerprint density at radius 1 is 1.45 bits per heavy atom. The molecule has 1 N–H and O–H groups in total. The molecule has 0 aromatic heterocycles. The Morgan fingerprint density at radius 3 is 2.91 bits per heavy atom. The van der Waals surface area contributed by atoms with Gasteiger partial charge in [0, 0.05) is 25.2 Å². The first-order valence-electron chi connectivity index (χ1n) is 7.54. The Morgan fingerprint density at radius 2 is 2.27 bits per heavy atom. The Labute approximate surface area is 131 Å². The Kier molecular flexibility index (Phi) is 5.98. The number of aliphatic hydroxyl groups is 1. The van der Waals surface area contributed by atoms with Crippen LogP contribution in [-0.4, -0.2) is 49.3 Å². The van der Waals surface area contributed by atoms with E-state index in [9.17, 15) is 9.90 Å². The Balaban J connectivity index is 1.91. The molecule has 0 amide bonds. The summed E-state index contributed by atoms with van der Waals surface area (Å²) in [5.41, 5.74) is 1.56. The number of carbonyl (C=O) groups excluding carboxylic acids is 1. The molecule has 2 rings (SSSR count). The third-order valence-corrected chi connectivity index (χ3v) is 3.74. The van der Waals surface area contributed by atoms with Crippen molar-refractivity contribution in [2.75, 3.05) is 33.4 Å². The summed E-state index contributed by atoms with van der Waals surface area (Å²) in [6.45, 7) is 4.12. The first-order valence-corrected chi connectivity index (χ1v) is 7.54. The second kappa shape index (κ2) is 7.96.